The van der Waals surface area contributed by atoms with Crippen molar-refractivity contribution in [3.05, 3.63) is 65.9 Å². The van der Waals surface area contributed by atoms with E-state index in [-0.39, 0.29) is 24.0 Å². The molecule has 1 unspecified atom stereocenters. The van der Waals surface area contributed by atoms with Crippen LogP contribution < -0.4 is 4.90 Å². The minimum absolute atomic E-state index is 0.0954. The Kier molecular flexibility index (Phi) is 4.51. The number of amides is 2. The summed E-state index contributed by atoms with van der Waals surface area (Å²) in [6.07, 6.45) is 0.986. The topological polar surface area (TPSA) is 62.6 Å². The van der Waals surface area contributed by atoms with Crippen molar-refractivity contribution in [1.82, 2.24) is 9.47 Å². The van der Waals surface area contributed by atoms with E-state index < -0.39 is 6.04 Å². The highest BCUT2D eigenvalue weighted by Gasteiger charge is 2.43. The quantitative estimate of drug-likeness (QED) is 0.631. The molecule has 1 atom stereocenters. The maximum absolute atomic E-state index is 13.2. The summed E-state index contributed by atoms with van der Waals surface area (Å²) in [4.78, 5) is 41.2. The lowest BCUT2D eigenvalue weighted by molar-refractivity contribution is -0.123. The van der Waals surface area contributed by atoms with E-state index in [2.05, 4.69) is 15.5 Å². The van der Waals surface area contributed by atoms with Gasteiger partial charge in [0, 0.05) is 29.7 Å². The van der Waals surface area contributed by atoms with E-state index in [4.69, 9.17) is 0 Å². The molecule has 0 bridgehead atoms. The third-order valence-electron chi connectivity index (χ3n) is 6.15. The van der Waals surface area contributed by atoms with Crippen LogP contribution in [-0.2, 0) is 33.9 Å². The lowest BCUT2D eigenvalue weighted by atomic mass is 10.0. The molecule has 6 nitrogen and oxygen atoms in total. The Morgan fingerprint density at radius 3 is 2.53 bits per heavy atom. The van der Waals surface area contributed by atoms with Gasteiger partial charge < -0.3 is 4.57 Å². The van der Waals surface area contributed by atoms with Crippen LogP contribution in [0.1, 0.15) is 24.6 Å². The summed E-state index contributed by atoms with van der Waals surface area (Å²) >= 11 is 0. The van der Waals surface area contributed by atoms with Crippen LogP contribution >= 0.6 is 0 Å². The van der Waals surface area contributed by atoms with Crippen molar-refractivity contribution in [2.45, 2.75) is 38.9 Å². The van der Waals surface area contributed by atoms with Gasteiger partial charge in [-0.2, -0.15) is 0 Å². The van der Waals surface area contributed by atoms with Gasteiger partial charge in [0.05, 0.1) is 24.7 Å². The van der Waals surface area contributed by atoms with E-state index in [1.54, 1.807) is 19.1 Å². The monoisotopic (exact) mass is 401 g/mol. The normalized spacial score (nSPS) is 19.5. The fourth-order valence-electron chi connectivity index (χ4n) is 4.83. The molecule has 2 aromatic carbocycles. The molecule has 5 rings (SSSR count). The molecule has 0 aliphatic carbocycles. The fraction of sp³-hybridized carbons (Fsp3) is 0.292. The highest BCUT2D eigenvalue weighted by atomic mass is 16.2. The SMILES string of the molecule is CC(=O)Cn1c2c(c3ccccc31)CCN(C1CC(=O)N(c3ccccc3)C1=O)C2. The molecule has 30 heavy (non-hydrogen) atoms. The van der Waals surface area contributed by atoms with Crippen molar-refractivity contribution in [2.75, 3.05) is 11.4 Å². The minimum atomic E-state index is -0.463. The summed E-state index contributed by atoms with van der Waals surface area (Å²) in [5.41, 5.74) is 4.01. The maximum atomic E-state index is 13.2. The number of fused-ring (bicyclic) bond motifs is 3. The molecular formula is C24H23N3O3. The molecule has 2 aliphatic heterocycles. The number of Topliss-reactive ketones (excluding diaryl/α,β-unsaturated/α-hetero) is 1. The van der Waals surface area contributed by atoms with E-state index in [0.717, 1.165) is 17.6 Å². The van der Waals surface area contributed by atoms with Crippen LogP contribution in [0.25, 0.3) is 10.9 Å². The Morgan fingerprint density at radius 2 is 1.77 bits per heavy atom. The lowest BCUT2D eigenvalue weighted by Gasteiger charge is -2.32. The van der Waals surface area contributed by atoms with Gasteiger partial charge in [-0.1, -0.05) is 36.4 Å². The van der Waals surface area contributed by atoms with Crippen LogP contribution in [-0.4, -0.2) is 39.7 Å². The third-order valence-corrected chi connectivity index (χ3v) is 6.15. The minimum Gasteiger partial charge on any atom is -0.336 e. The summed E-state index contributed by atoms with van der Waals surface area (Å²) < 4.78 is 2.08. The van der Waals surface area contributed by atoms with Gasteiger partial charge in [-0.05, 0) is 37.1 Å². The molecule has 0 saturated carbocycles. The summed E-state index contributed by atoms with van der Waals surface area (Å²) in [6.45, 7) is 3.19. The van der Waals surface area contributed by atoms with Crippen LogP contribution in [0.5, 0.6) is 0 Å². The summed E-state index contributed by atoms with van der Waals surface area (Å²) in [5.74, 6) is -0.229. The first kappa shape index (κ1) is 18.8. The van der Waals surface area contributed by atoms with Crippen LogP contribution in [0.3, 0.4) is 0 Å². The van der Waals surface area contributed by atoms with Gasteiger partial charge in [0.25, 0.3) is 5.91 Å². The zero-order valence-electron chi connectivity index (χ0n) is 16.9. The van der Waals surface area contributed by atoms with Gasteiger partial charge >= 0.3 is 0 Å². The molecule has 0 N–H and O–H groups in total. The molecule has 1 fully saturated rings. The predicted octanol–water partition coefficient (Wildman–Crippen LogP) is 2.92. The second kappa shape index (κ2) is 7.22. The zero-order chi connectivity index (χ0) is 20.8. The first-order chi connectivity index (χ1) is 14.5. The number of imide groups is 1. The zero-order valence-corrected chi connectivity index (χ0v) is 16.9. The number of benzene rings is 2. The Morgan fingerprint density at radius 1 is 1.03 bits per heavy atom. The average Bonchev–Trinajstić information content (AvgIpc) is 3.22. The predicted molar refractivity (Wildman–Crippen MR) is 114 cm³/mol. The Bertz CT molecular complexity index is 1170. The van der Waals surface area contributed by atoms with Crippen LogP contribution in [0.15, 0.2) is 54.6 Å². The van der Waals surface area contributed by atoms with Crippen LogP contribution in [0.4, 0.5) is 5.69 Å². The summed E-state index contributed by atoms with van der Waals surface area (Å²) in [6, 6.07) is 16.8. The molecule has 2 amide bonds. The van der Waals surface area contributed by atoms with Gasteiger partial charge in [-0.25, -0.2) is 4.90 Å². The number of ketones is 1. The van der Waals surface area contributed by atoms with Crippen LogP contribution in [0, 0.1) is 0 Å². The van der Waals surface area contributed by atoms with E-state index in [9.17, 15) is 14.4 Å². The standard InChI is InChI=1S/C24H23N3O3/c1-16(28)14-26-20-10-6-5-9-18(20)19-11-12-25(15-22(19)26)21-13-23(29)27(24(21)30)17-7-3-2-4-8-17/h2-10,21H,11-15H2,1H3. The second-order valence-electron chi connectivity index (χ2n) is 8.07. The van der Waals surface area contributed by atoms with Crippen LogP contribution in [0.2, 0.25) is 0 Å². The Hall–Kier alpha value is -3.25. The van der Waals surface area contributed by atoms with Gasteiger partial charge in [-0.15, -0.1) is 0 Å². The van der Waals surface area contributed by atoms with E-state index >= 15 is 0 Å². The number of para-hydroxylation sites is 2. The molecule has 0 radical (unpaired) electrons. The summed E-state index contributed by atoms with van der Waals surface area (Å²) in [7, 11) is 0. The molecule has 0 spiro atoms. The van der Waals surface area contributed by atoms with Crippen molar-refractivity contribution < 1.29 is 14.4 Å². The third kappa shape index (κ3) is 2.95. The van der Waals surface area contributed by atoms with Gasteiger partial charge in [0.1, 0.15) is 5.78 Å². The smallest absolute Gasteiger partial charge is 0.251 e. The number of aromatic nitrogens is 1. The number of anilines is 1. The lowest BCUT2D eigenvalue weighted by Crippen LogP contribution is -2.44. The maximum Gasteiger partial charge on any atom is 0.251 e. The van der Waals surface area contributed by atoms with E-state index in [0.29, 0.717) is 25.3 Å². The number of hydrogen-bond acceptors (Lipinski definition) is 4. The Labute approximate surface area is 174 Å². The number of carbonyl (C=O) groups excluding carboxylic acids is 3. The molecule has 1 saturated heterocycles. The molecule has 1 aromatic heterocycles. The van der Waals surface area contributed by atoms with Crippen molar-refractivity contribution in [2.24, 2.45) is 0 Å². The van der Waals surface area contributed by atoms with E-state index in [1.165, 1.54) is 15.8 Å². The molecule has 3 heterocycles. The van der Waals surface area contributed by atoms with E-state index in [1.807, 2.05) is 36.4 Å². The first-order valence-corrected chi connectivity index (χ1v) is 10.3. The van der Waals surface area contributed by atoms with Crippen molar-refractivity contribution in [3.63, 3.8) is 0 Å². The number of hydrogen-bond donors (Lipinski definition) is 0. The van der Waals surface area contributed by atoms with Gasteiger partial charge in [0.15, 0.2) is 0 Å². The molecule has 152 valence electrons. The largest absolute Gasteiger partial charge is 0.336 e. The highest BCUT2D eigenvalue weighted by Crippen LogP contribution is 2.34. The molecule has 2 aliphatic rings. The molecule has 3 aromatic rings. The number of carbonyl (C=O) groups is 3. The second-order valence-corrected chi connectivity index (χ2v) is 8.07. The van der Waals surface area contributed by atoms with Gasteiger partial charge in [-0.3, -0.25) is 19.3 Å². The molecular weight excluding hydrogens is 378 g/mol. The Balaban J connectivity index is 1.48. The average molecular weight is 401 g/mol. The van der Waals surface area contributed by atoms with Crippen molar-refractivity contribution in [3.8, 4) is 0 Å². The summed E-state index contributed by atoms with van der Waals surface area (Å²) in [5, 5.41) is 1.17. The number of rotatable bonds is 4. The highest BCUT2D eigenvalue weighted by molar-refractivity contribution is 6.22. The van der Waals surface area contributed by atoms with Gasteiger partial charge in [0.2, 0.25) is 5.91 Å². The fourth-order valence-corrected chi connectivity index (χ4v) is 4.83. The molecule has 6 heteroatoms. The van der Waals surface area contributed by atoms with Crippen molar-refractivity contribution in [1.29, 1.82) is 0 Å². The first-order valence-electron chi connectivity index (χ1n) is 10.3. The van der Waals surface area contributed by atoms with Crippen molar-refractivity contribution >= 4 is 34.2 Å². The number of nitrogens with zero attached hydrogens (tertiary/aromatic N) is 3.